The molecule has 4 aromatic carbocycles. The number of hydrogen-bond donors (Lipinski definition) is 3. The predicted octanol–water partition coefficient (Wildman–Crippen LogP) is 6.13. The maximum Gasteiger partial charge on any atom is 0.242 e. The highest BCUT2D eigenvalue weighted by atomic mass is 32.2. The van der Waals surface area contributed by atoms with Crippen molar-refractivity contribution in [2.75, 3.05) is 25.5 Å². The number of carbonyl (C=O) groups is 1. The van der Waals surface area contributed by atoms with E-state index in [-0.39, 0.29) is 30.1 Å². The molecule has 6 rings (SSSR count). The van der Waals surface area contributed by atoms with Crippen molar-refractivity contribution >= 4 is 21.6 Å². The molecule has 1 saturated heterocycles. The van der Waals surface area contributed by atoms with E-state index in [1.54, 1.807) is 24.3 Å². The second-order valence-corrected chi connectivity index (χ2v) is 15.2. The molecule has 1 aliphatic heterocycles. The maximum atomic E-state index is 13.7. The first-order valence-electron chi connectivity index (χ1n) is 17.8. The summed E-state index contributed by atoms with van der Waals surface area (Å²) in [6.45, 7) is 3.36. The molecule has 10 nitrogen and oxygen atoms in total. The van der Waals surface area contributed by atoms with Gasteiger partial charge in [0, 0.05) is 49.1 Å². The normalized spacial score (nSPS) is 18.1. The SMILES string of the molecule is Cc1ccc(S(=O)(=O)N[C@H](Cc2ccccc2)C(=O)Nc2ccc([C@H]3O[C@@H](CN(C)CCc4ccccn4)C[C@@H](c4ccc(CO)cc4)O3)cc2)cc1. The van der Waals surface area contributed by atoms with Crippen molar-refractivity contribution in [1.82, 2.24) is 14.6 Å². The minimum atomic E-state index is -3.98. The van der Waals surface area contributed by atoms with Crippen LogP contribution in [-0.4, -0.2) is 61.6 Å². The maximum absolute atomic E-state index is 13.7. The highest BCUT2D eigenvalue weighted by molar-refractivity contribution is 7.89. The average Bonchev–Trinajstić information content (AvgIpc) is 3.18. The smallest absolute Gasteiger partial charge is 0.242 e. The molecular weight excluding hydrogens is 689 g/mol. The van der Waals surface area contributed by atoms with E-state index in [1.165, 1.54) is 12.1 Å². The number of anilines is 1. The summed E-state index contributed by atoms with van der Waals surface area (Å²) in [4.78, 5) is 20.5. The van der Waals surface area contributed by atoms with Crippen molar-refractivity contribution < 1.29 is 27.8 Å². The van der Waals surface area contributed by atoms with E-state index in [2.05, 4.69) is 27.0 Å². The highest BCUT2D eigenvalue weighted by Crippen LogP contribution is 2.38. The van der Waals surface area contributed by atoms with Gasteiger partial charge in [0.1, 0.15) is 6.04 Å². The summed E-state index contributed by atoms with van der Waals surface area (Å²) in [6.07, 6.45) is 2.40. The number of pyridine rings is 1. The van der Waals surface area contributed by atoms with Gasteiger partial charge in [-0.2, -0.15) is 4.72 Å². The van der Waals surface area contributed by atoms with Crippen LogP contribution < -0.4 is 10.0 Å². The van der Waals surface area contributed by atoms with Crippen molar-refractivity contribution in [2.45, 2.75) is 62.2 Å². The summed E-state index contributed by atoms with van der Waals surface area (Å²) >= 11 is 0. The Morgan fingerprint density at radius 1 is 0.868 bits per heavy atom. The zero-order valence-corrected chi connectivity index (χ0v) is 30.8. The van der Waals surface area contributed by atoms with E-state index in [0.717, 1.165) is 46.5 Å². The molecule has 2 heterocycles. The number of ether oxygens (including phenoxy) is 2. The zero-order valence-electron chi connectivity index (χ0n) is 30.0. The third kappa shape index (κ3) is 10.7. The van der Waals surface area contributed by atoms with Crippen LogP contribution in [0, 0.1) is 6.92 Å². The molecule has 1 fully saturated rings. The van der Waals surface area contributed by atoms with Crippen LogP contribution >= 0.6 is 0 Å². The summed E-state index contributed by atoms with van der Waals surface area (Å²) in [7, 11) is -1.91. The second-order valence-electron chi connectivity index (χ2n) is 13.5. The number of likely N-dealkylation sites (N-methyl/N-ethyl adjacent to an activating group) is 1. The van der Waals surface area contributed by atoms with Crippen LogP contribution in [0.3, 0.4) is 0 Å². The first-order chi connectivity index (χ1) is 25.6. The zero-order chi connectivity index (χ0) is 37.2. The van der Waals surface area contributed by atoms with E-state index >= 15 is 0 Å². The average molecular weight is 735 g/mol. The van der Waals surface area contributed by atoms with Gasteiger partial charge in [-0.05, 0) is 73.5 Å². The number of carbonyl (C=O) groups excluding carboxylic acids is 1. The van der Waals surface area contributed by atoms with E-state index < -0.39 is 28.3 Å². The second kappa shape index (κ2) is 17.8. The number of nitrogens with one attached hydrogen (secondary N) is 2. The lowest BCUT2D eigenvalue weighted by Gasteiger charge is -2.38. The number of aryl methyl sites for hydroxylation is 1. The van der Waals surface area contributed by atoms with Gasteiger partial charge in [-0.1, -0.05) is 90.5 Å². The van der Waals surface area contributed by atoms with Crippen molar-refractivity contribution in [3.63, 3.8) is 0 Å². The molecule has 1 aromatic heterocycles. The molecule has 1 aliphatic rings. The van der Waals surface area contributed by atoms with Crippen LogP contribution in [0.1, 0.15) is 52.3 Å². The number of hydrogen-bond acceptors (Lipinski definition) is 8. The Hall–Kier alpha value is -4.75. The molecule has 0 spiro atoms. The van der Waals surface area contributed by atoms with Gasteiger partial charge in [0.25, 0.3) is 0 Å². The van der Waals surface area contributed by atoms with Crippen molar-refractivity contribution in [1.29, 1.82) is 0 Å². The van der Waals surface area contributed by atoms with Crippen LogP contribution in [0.4, 0.5) is 5.69 Å². The van der Waals surface area contributed by atoms with E-state index in [9.17, 15) is 18.3 Å². The Balaban J connectivity index is 1.16. The summed E-state index contributed by atoms with van der Waals surface area (Å²) < 4.78 is 42.4. The molecule has 0 radical (unpaired) electrons. The molecule has 11 heteroatoms. The molecule has 3 N–H and O–H groups in total. The first-order valence-corrected chi connectivity index (χ1v) is 19.3. The molecule has 0 bridgehead atoms. The fourth-order valence-electron chi connectivity index (χ4n) is 6.29. The summed E-state index contributed by atoms with van der Waals surface area (Å²) in [5.74, 6) is -0.484. The Morgan fingerprint density at radius 3 is 2.25 bits per heavy atom. The van der Waals surface area contributed by atoms with Crippen molar-refractivity contribution in [2.24, 2.45) is 0 Å². The van der Waals surface area contributed by atoms with Gasteiger partial charge < -0.3 is 24.8 Å². The largest absolute Gasteiger partial charge is 0.392 e. The van der Waals surface area contributed by atoms with Gasteiger partial charge in [0.05, 0.1) is 23.7 Å². The van der Waals surface area contributed by atoms with Crippen molar-refractivity contribution in [3.05, 3.63) is 161 Å². The van der Waals surface area contributed by atoms with Gasteiger partial charge in [-0.3, -0.25) is 9.78 Å². The molecule has 0 aliphatic carbocycles. The van der Waals surface area contributed by atoms with E-state index in [1.807, 2.05) is 98.0 Å². The summed E-state index contributed by atoms with van der Waals surface area (Å²) in [6, 6.07) is 35.7. The molecule has 0 unspecified atom stereocenters. The monoisotopic (exact) mass is 734 g/mol. The number of aliphatic hydroxyl groups is 1. The standard InChI is InChI=1S/C42H46N4O6S/c1-30-11-21-38(22-12-30)53(49,50)45-39(26-31-8-4-3-5-9-31)41(48)44-36-19-17-34(18-20-36)42-51-37(28-46(2)25-23-35-10-6-7-24-43-35)27-40(52-42)33-15-13-32(29-47)14-16-33/h3-22,24,37,39-40,42,45,47H,23,25-29H2,1-2H3,(H,44,48)/t37-,39-,40+,42+/m1/s1. The number of benzene rings is 4. The lowest BCUT2D eigenvalue weighted by atomic mass is 9.99. The Kier molecular flexibility index (Phi) is 12.8. The quantitative estimate of drug-likeness (QED) is 0.117. The molecule has 4 atom stereocenters. The van der Waals surface area contributed by atoms with Gasteiger partial charge in [-0.15, -0.1) is 0 Å². The van der Waals surface area contributed by atoms with Gasteiger partial charge in [0.15, 0.2) is 6.29 Å². The summed E-state index contributed by atoms with van der Waals surface area (Å²) in [5.41, 5.74) is 5.90. The van der Waals surface area contributed by atoms with E-state index in [0.29, 0.717) is 18.7 Å². The first kappa shape index (κ1) is 38.0. The predicted molar refractivity (Wildman–Crippen MR) is 204 cm³/mol. The van der Waals surface area contributed by atoms with Crippen LogP contribution in [0.15, 0.2) is 132 Å². The number of nitrogens with zero attached hydrogens (tertiary/aromatic N) is 2. The highest BCUT2D eigenvalue weighted by Gasteiger charge is 2.33. The molecule has 5 aromatic rings. The Morgan fingerprint density at radius 2 is 1.57 bits per heavy atom. The molecule has 0 saturated carbocycles. The van der Waals surface area contributed by atoms with Crippen molar-refractivity contribution in [3.8, 4) is 0 Å². The van der Waals surface area contributed by atoms with Gasteiger partial charge >= 0.3 is 0 Å². The lowest BCUT2D eigenvalue weighted by Crippen LogP contribution is -2.45. The number of amides is 1. The topological polar surface area (TPSA) is 130 Å². The van der Waals surface area contributed by atoms with Gasteiger partial charge in [-0.25, -0.2) is 8.42 Å². The lowest BCUT2D eigenvalue weighted by molar-refractivity contribution is -0.252. The summed E-state index contributed by atoms with van der Waals surface area (Å²) in [5, 5.41) is 12.5. The molecule has 276 valence electrons. The number of aliphatic hydroxyl groups excluding tert-OH is 1. The Labute approximate surface area is 311 Å². The third-order valence-corrected chi connectivity index (χ3v) is 10.8. The van der Waals surface area contributed by atoms with Crippen LogP contribution in [0.2, 0.25) is 0 Å². The fourth-order valence-corrected chi connectivity index (χ4v) is 7.48. The van der Waals surface area contributed by atoms with Crippen LogP contribution in [0.25, 0.3) is 0 Å². The number of aromatic nitrogens is 1. The third-order valence-electron chi connectivity index (χ3n) is 9.28. The minimum Gasteiger partial charge on any atom is -0.392 e. The molecule has 1 amide bonds. The Bertz CT molecular complexity index is 2010. The van der Waals surface area contributed by atoms with Crippen LogP contribution in [-0.2, 0) is 43.7 Å². The van der Waals surface area contributed by atoms with Crippen LogP contribution in [0.5, 0.6) is 0 Å². The fraction of sp³-hybridized carbons (Fsp3) is 0.286. The van der Waals surface area contributed by atoms with E-state index in [4.69, 9.17) is 9.47 Å². The molecule has 53 heavy (non-hydrogen) atoms. The number of rotatable bonds is 15. The number of sulfonamides is 1. The minimum absolute atomic E-state index is 0.0320. The molecular formula is C42H46N4O6S. The van der Waals surface area contributed by atoms with Gasteiger partial charge in [0.2, 0.25) is 15.9 Å².